The van der Waals surface area contributed by atoms with Crippen LogP contribution >= 0.6 is 0 Å². The normalized spacial score (nSPS) is 17.2. The van der Waals surface area contributed by atoms with E-state index in [2.05, 4.69) is 37.0 Å². The van der Waals surface area contributed by atoms with E-state index in [0.717, 1.165) is 25.7 Å². The van der Waals surface area contributed by atoms with Crippen LogP contribution in [0.5, 0.6) is 0 Å². The summed E-state index contributed by atoms with van der Waals surface area (Å²) < 4.78 is 0. The zero-order chi connectivity index (χ0) is 12.4. The van der Waals surface area contributed by atoms with Crippen molar-refractivity contribution in [3.63, 3.8) is 0 Å². The molecule has 0 bridgehead atoms. The second-order valence-electron chi connectivity index (χ2n) is 3.42. The van der Waals surface area contributed by atoms with Crippen LogP contribution in [0.4, 0.5) is 0 Å². The van der Waals surface area contributed by atoms with E-state index in [0.29, 0.717) is 6.42 Å². The second kappa shape index (κ2) is 8.50. The summed E-state index contributed by atoms with van der Waals surface area (Å²) in [5.41, 5.74) is 0. The first-order valence-corrected chi connectivity index (χ1v) is 5.05. The van der Waals surface area contributed by atoms with Crippen LogP contribution in [-0.2, 0) is 4.79 Å². The number of carboxylic acid groups (broad SMARTS) is 1. The van der Waals surface area contributed by atoms with Crippen molar-refractivity contribution in [3.05, 3.63) is 25.1 Å². The lowest BCUT2D eigenvalue weighted by molar-refractivity contribution is -0.826. The van der Waals surface area contributed by atoms with E-state index in [-0.39, 0.29) is 0 Å². The van der Waals surface area contributed by atoms with Gasteiger partial charge >= 0.3 is 0 Å². The monoisotopic (exact) mass is 223 g/mol. The van der Waals surface area contributed by atoms with Gasteiger partial charge in [-0.25, -0.2) is 0 Å². The van der Waals surface area contributed by atoms with Gasteiger partial charge in [-0.1, -0.05) is 6.58 Å². The van der Waals surface area contributed by atoms with Crippen molar-refractivity contribution >= 4 is 5.97 Å². The van der Waals surface area contributed by atoms with Crippen molar-refractivity contribution in [1.29, 1.82) is 5.26 Å². The van der Waals surface area contributed by atoms with Gasteiger partial charge in [-0.05, 0) is 12.5 Å². The van der Waals surface area contributed by atoms with Crippen LogP contribution in [0, 0.1) is 11.3 Å². The second-order valence-corrected chi connectivity index (χ2v) is 3.42. The number of hydrogen-bond donors (Lipinski definition) is 1. The number of carbonyl (C=O) groups excluding carboxylic acids is 1. The van der Waals surface area contributed by atoms with Crippen molar-refractivity contribution in [2.75, 3.05) is 20.3 Å². The average molecular weight is 223 g/mol. The zero-order valence-corrected chi connectivity index (χ0v) is 9.48. The van der Waals surface area contributed by atoms with E-state index in [4.69, 9.17) is 15.2 Å². The van der Waals surface area contributed by atoms with Gasteiger partial charge in [-0.3, -0.25) is 4.90 Å². The number of nitrogens with one attached hydrogen (secondary N) is 1. The molecular weight excluding hydrogens is 206 g/mol. The molecule has 5 heteroatoms. The molecule has 1 aliphatic rings. The summed E-state index contributed by atoms with van der Waals surface area (Å²) >= 11 is 0. The Morgan fingerprint density at radius 3 is 2.81 bits per heavy atom. The molecule has 1 aliphatic heterocycles. The molecule has 1 N–H and O–H groups in total. The molecule has 1 atom stereocenters. The number of aliphatic carboxylic acids is 1. The van der Waals surface area contributed by atoms with Gasteiger partial charge in [0.05, 0.1) is 25.3 Å². The van der Waals surface area contributed by atoms with Gasteiger partial charge in [0, 0.05) is 13.0 Å². The van der Waals surface area contributed by atoms with Crippen LogP contribution < -0.4 is 10.0 Å². The number of nitrogens with zero attached hydrogens (tertiary/aromatic N) is 2. The van der Waals surface area contributed by atoms with Gasteiger partial charge in [-0.2, -0.15) is 5.26 Å². The summed E-state index contributed by atoms with van der Waals surface area (Å²) in [6, 6.07) is 2.15. The Morgan fingerprint density at radius 1 is 1.81 bits per heavy atom. The Balaban J connectivity index is 0.000000385. The fourth-order valence-electron chi connectivity index (χ4n) is 1.17. The molecule has 16 heavy (non-hydrogen) atoms. The van der Waals surface area contributed by atoms with Crippen LogP contribution in [-0.4, -0.2) is 31.1 Å². The van der Waals surface area contributed by atoms with E-state index >= 15 is 0 Å². The number of carbonyl (C=O) groups is 1. The molecule has 0 aromatic rings. The summed E-state index contributed by atoms with van der Waals surface area (Å²) in [5.74, 6) is -1.23. The van der Waals surface area contributed by atoms with E-state index in [9.17, 15) is 0 Å². The lowest BCUT2D eigenvalue weighted by Crippen LogP contribution is -3.03. The minimum atomic E-state index is -1.23. The summed E-state index contributed by atoms with van der Waals surface area (Å²) in [5, 5.41) is 17.4. The standard InChI is InChI=1S/C8H13N3.C3H4O2/c1-10-6-7-11(8-10)5-3-2-4-9;1-2-3(4)5/h6-7H,2-3,5,8H2,1H3;2H,1H2,(H,4,5). The molecule has 1 unspecified atom stereocenters. The molecule has 0 aromatic heterocycles. The number of unbranched alkanes of at least 4 members (excludes halogenated alkanes) is 1. The summed E-state index contributed by atoms with van der Waals surface area (Å²) in [6.45, 7) is 4.96. The maximum atomic E-state index is 9.14. The molecule has 0 saturated carbocycles. The topological polar surface area (TPSA) is 71.6 Å². The Hall–Kier alpha value is -1.80. The SMILES string of the molecule is C=CC(=O)[O-].C[NH+]1C=CN(CCCC#N)C1. The Kier molecular flexibility index (Phi) is 7.55. The zero-order valence-electron chi connectivity index (χ0n) is 9.48. The maximum absolute atomic E-state index is 9.14. The first kappa shape index (κ1) is 14.2. The smallest absolute Gasteiger partial charge is 0.156 e. The first-order chi connectivity index (χ1) is 7.60. The molecule has 88 valence electrons. The van der Waals surface area contributed by atoms with Crippen LogP contribution in [0.15, 0.2) is 25.1 Å². The van der Waals surface area contributed by atoms with E-state index < -0.39 is 5.97 Å². The van der Waals surface area contributed by atoms with Gasteiger partial charge in [0.25, 0.3) is 0 Å². The van der Waals surface area contributed by atoms with Crippen molar-refractivity contribution < 1.29 is 14.8 Å². The van der Waals surface area contributed by atoms with Crippen molar-refractivity contribution in [2.24, 2.45) is 0 Å². The Morgan fingerprint density at radius 2 is 2.44 bits per heavy atom. The van der Waals surface area contributed by atoms with Crippen LogP contribution in [0.2, 0.25) is 0 Å². The maximum Gasteiger partial charge on any atom is 0.156 e. The quantitative estimate of drug-likeness (QED) is 0.464. The lowest BCUT2D eigenvalue weighted by atomic mass is 10.3. The van der Waals surface area contributed by atoms with Gasteiger partial charge in [0.15, 0.2) is 6.67 Å². The number of quaternary nitrogens is 1. The largest absolute Gasteiger partial charge is 0.545 e. The molecular formula is C11H17N3O2. The molecule has 0 radical (unpaired) electrons. The molecule has 1 rings (SSSR count). The number of hydrogen-bond acceptors (Lipinski definition) is 4. The van der Waals surface area contributed by atoms with Crippen molar-refractivity contribution in [3.8, 4) is 6.07 Å². The lowest BCUT2D eigenvalue weighted by Gasteiger charge is -2.12. The van der Waals surface area contributed by atoms with Crippen LogP contribution in [0.3, 0.4) is 0 Å². The van der Waals surface area contributed by atoms with E-state index in [1.807, 2.05) is 0 Å². The van der Waals surface area contributed by atoms with Crippen molar-refractivity contribution in [2.45, 2.75) is 12.8 Å². The molecule has 0 amide bonds. The predicted octanol–water partition coefficient (Wildman–Crippen LogP) is -1.53. The Labute approximate surface area is 95.9 Å². The Bertz CT molecular complexity index is 294. The number of carboxylic acids is 1. The highest BCUT2D eigenvalue weighted by molar-refractivity contribution is 5.76. The summed E-state index contributed by atoms with van der Waals surface area (Å²) in [6.07, 6.45) is 6.61. The fraction of sp³-hybridized carbons (Fsp3) is 0.455. The van der Waals surface area contributed by atoms with Crippen LogP contribution in [0.25, 0.3) is 0 Å². The highest BCUT2D eigenvalue weighted by Gasteiger charge is 2.10. The fourth-order valence-corrected chi connectivity index (χ4v) is 1.17. The van der Waals surface area contributed by atoms with Crippen LogP contribution in [0.1, 0.15) is 12.8 Å². The van der Waals surface area contributed by atoms with Gasteiger partial charge < -0.3 is 14.8 Å². The first-order valence-electron chi connectivity index (χ1n) is 5.05. The molecule has 0 aliphatic carbocycles. The minimum absolute atomic E-state index is 0.670. The molecule has 5 nitrogen and oxygen atoms in total. The number of nitriles is 1. The summed E-state index contributed by atoms with van der Waals surface area (Å²) in [4.78, 5) is 12.8. The molecule has 0 saturated heterocycles. The van der Waals surface area contributed by atoms with Crippen molar-refractivity contribution in [1.82, 2.24) is 4.90 Å². The highest BCUT2D eigenvalue weighted by atomic mass is 16.4. The molecule has 0 spiro atoms. The van der Waals surface area contributed by atoms with Gasteiger partial charge in [0.2, 0.25) is 0 Å². The number of rotatable bonds is 4. The third-order valence-corrected chi connectivity index (χ3v) is 1.92. The highest BCUT2D eigenvalue weighted by Crippen LogP contribution is 1.94. The third kappa shape index (κ3) is 7.59. The van der Waals surface area contributed by atoms with Gasteiger partial charge in [0.1, 0.15) is 6.20 Å². The van der Waals surface area contributed by atoms with Gasteiger partial charge in [-0.15, -0.1) is 0 Å². The van der Waals surface area contributed by atoms with E-state index in [1.54, 1.807) is 0 Å². The third-order valence-electron chi connectivity index (χ3n) is 1.92. The minimum Gasteiger partial charge on any atom is -0.545 e. The molecule has 0 fully saturated rings. The molecule has 0 aromatic carbocycles. The predicted molar refractivity (Wildman–Crippen MR) is 57.7 cm³/mol. The average Bonchev–Trinajstić information content (AvgIpc) is 2.66. The van der Waals surface area contributed by atoms with E-state index in [1.165, 1.54) is 4.90 Å². The molecule has 1 heterocycles. The summed E-state index contributed by atoms with van der Waals surface area (Å²) in [7, 11) is 2.13.